The van der Waals surface area contributed by atoms with Gasteiger partial charge < -0.3 is 10.4 Å². The maximum absolute atomic E-state index is 10.8. The number of aromatic nitrogens is 1. The monoisotopic (exact) mass is 222 g/mol. The number of carbonyl (C=O) groups is 1. The Morgan fingerprint density at radius 1 is 1.44 bits per heavy atom. The molecule has 1 aromatic rings. The van der Waals surface area contributed by atoms with Crippen molar-refractivity contribution in [1.29, 1.82) is 0 Å². The summed E-state index contributed by atoms with van der Waals surface area (Å²) >= 11 is 0. The highest BCUT2D eigenvalue weighted by molar-refractivity contribution is 5.70. The lowest BCUT2D eigenvalue weighted by atomic mass is 10.0. The van der Waals surface area contributed by atoms with Crippen LogP contribution in [0.15, 0.2) is 24.5 Å². The largest absolute Gasteiger partial charge is 0.481 e. The molecule has 0 saturated heterocycles. The van der Waals surface area contributed by atoms with Gasteiger partial charge in [0.05, 0.1) is 5.92 Å². The average Bonchev–Trinajstić information content (AvgIpc) is 2.28. The second-order valence-corrected chi connectivity index (χ2v) is 4.09. The summed E-state index contributed by atoms with van der Waals surface area (Å²) in [6.45, 7) is 5.59. The zero-order valence-electron chi connectivity index (χ0n) is 9.84. The maximum atomic E-state index is 10.8. The molecule has 0 aliphatic carbocycles. The molecule has 4 heteroatoms. The van der Waals surface area contributed by atoms with Gasteiger partial charge >= 0.3 is 5.97 Å². The fourth-order valence-corrected chi connectivity index (χ4v) is 1.48. The van der Waals surface area contributed by atoms with E-state index in [0.29, 0.717) is 0 Å². The van der Waals surface area contributed by atoms with Crippen LogP contribution in [0.2, 0.25) is 0 Å². The van der Waals surface area contributed by atoms with Crippen molar-refractivity contribution in [1.82, 2.24) is 10.3 Å². The van der Waals surface area contributed by atoms with Gasteiger partial charge in [0.1, 0.15) is 0 Å². The van der Waals surface area contributed by atoms with Crippen molar-refractivity contribution >= 4 is 5.97 Å². The molecule has 2 N–H and O–H groups in total. The van der Waals surface area contributed by atoms with Crippen molar-refractivity contribution in [3.05, 3.63) is 30.1 Å². The molecular weight excluding hydrogens is 204 g/mol. The average molecular weight is 222 g/mol. The summed E-state index contributed by atoms with van der Waals surface area (Å²) in [5.41, 5.74) is 1.06. The highest BCUT2D eigenvalue weighted by atomic mass is 16.4. The highest BCUT2D eigenvalue weighted by Crippen LogP contribution is 2.13. The number of carboxylic acids is 1. The van der Waals surface area contributed by atoms with Gasteiger partial charge in [-0.25, -0.2) is 0 Å². The van der Waals surface area contributed by atoms with Crippen LogP contribution in [-0.4, -0.2) is 22.1 Å². The Morgan fingerprint density at radius 2 is 2.12 bits per heavy atom. The molecule has 0 aliphatic rings. The third kappa shape index (κ3) is 3.31. The van der Waals surface area contributed by atoms with Gasteiger partial charge in [-0.15, -0.1) is 0 Å². The smallest absolute Gasteiger partial charge is 0.307 e. The Kier molecular flexibility index (Phi) is 4.43. The van der Waals surface area contributed by atoms with E-state index in [1.165, 1.54) is 0 Å². The lowest BCUT2D eigenvalue weighted by molar-refractivity contribution is -0.142. The molecule has 4 nitrogen and oxygen atoms in total. The van der Waals surface area contributed by atoms with E-state index < -0.39 is 11.9 Å². The second kappa shape index (κ2) is 5.61. The third-order valence-electron chi connectivity index (χ3n) is 2.84. The molecule has 3 atom stereocenters. The molecule has 2 unspecified atom stereocenters. The van der Waals surface area contributed by atoms with Crippen LogP contribution in [0.3, 0.4) is 0 Å². The first-order valence-electron chi connectivity index (χ1n) is 5.41. The number of pyridine rings is 1. The molecule has 0 spiro atoms. The van der Waals surface area contributed by atoms with Crippen LogP contribution < -0.4 is 5.32 Å². The Balaban J connectivity index is 2.58. The second-order valence-electron chi connectivity index (χ2n) is 4.09. The Bertz CT molecular complexity index is 340. The summed E-state index contributed by atoms with van der Waals surface area (Å²) in [7, 11) is 0. The van der Waals surface area contributed by atoms with Gasteiger partial charge in [0, 0.05) is 24.5 Å². The predicted molar refractivity (Wildman–Crippen MR) is 62.0 cm³/mol. The van der Waals surface area contributed by atoms with Crippen molar-refractivity contribution in [3.8, 4) is 0 Å². The molecular formula is C12H18N2O2. The summed E-state index contributed by atoms with van der Waals surface area (Å²) in [5.74, 6) is -1.18. The molecule has 1 heterocycles. The van der Waals surface area contributed by atoms with Crippen LogP contribution in [0, 0.1) is 5.92 Å². The number of nitrogens with one attached hydrogen (secondary N) is 1. The fourth-order valence-electron chi connectivity index (χ4n) is 1.48. The summed E-state index contributed by atoms with van der Waals surface area (Å²) < 4.78 is 0. The molecule has 0 saturated carbocycles. The van der Waals surface area contributed by atoms with Crippen molar-refractivity contribution < 1.29 is 9.90 Å². The number of carboxylic acid groups (broad SMARTS) is 1. The van der Waals surface area contributed by atoms with Crippen LogP contribution >= 0.6 is 0 Å². The van der Waals surface area contributed by atoms with Crippen LogP contribution in [0.4, 0.5) is 0 Å². The summed E-state index contributed by atoms with van der Waals surface area (Å²) in [5, 5.41) is 12.1. The van der Waals surface area contributed by atoms with Crippen LogP contribution in [-0.2, 0) is 4.79 Å². The van der Waals surface area contributed by atoms with E-state index in [9.17, 15) is 4.79 Å². The number of rotatable bonds is 5. The molecule has 0 amide bonds. The van der Waals surface area contributed by atoms with Gasteiger partial charge in [0.15, 0.2) is 0 Å². The van der Waals surface area contributed by atoms with Crippen molar-refractivity contribution in [2.24, 2.45) is 5.92 Å². The summed E-state index contributed by atoms with van der Waals surface area (Å²) in [6.07, 6.45) is 3.51. The Hall–Kier alpha value is -1.42. The molecule has 16 heavy (non-hydrogen) atoms. The SMILES string of the molecule is CC(N[C@H](C)c1cccnc1)C(C)C(=O)O. The van der Waals surface area contributed by atoms with Gasteiger partial charge in [-0.05, 0) is 25.5 Å². The molecule has 0 fully saturated rings. The number of hydrogen-bond acceptors (Lipinski definition) is 3. The van der Waals surface area contributed by atoms with E-state index in [1.54, 1.807) is 19.3 Å². The van der Waals surface area contributed by atoms with Gasteiger partial charge in [0.2, 0.25) is 0 Å². The number of aliphatic carboxylic acids is 1. The first kappa shape index (κ1) is 12.6. The van der Waals surface area contributed by atoms with Gasteiger partial charge in [-0.2, -0.15) is 0 Å². The minimum absolute atomic E-state index is 0.0762. The standard InChI is InChI=1S/C12H18N2O2/c1-8(12(15)16)9(2)14-10(3)11-5-4-6-13-7-11/h4-10,14H,1-3H3,(H,15,16)/t8?,9?,10-/m1/s1. The molecule has 0 aliphatic heterocycles. The summed E-state index contributed by atoms with van der Waals surface area (Å²) in [6, 6.07) is 3.87. The molecule has 0 bridgehead atoms. The van der Waals surface area contributed by atoms with Crippen LogP contribution in [0.5, 0.6) is 0 Å². The highest BCUT2D eigenvalue weighted by Gasteiger charge is 2.20. The summed E-state index contributed by atoms with van der Waals surface area (Å²) in [4.78, 5) is 14.8. The van der Waals surface area contributed by atoms with Crippen molar-refractivity contribution in [3.63, 3.8) is 0 Å². The Labute approximate surface area is 95.7 Å². The van der Waals surface area contributed by atoms with Gasteiger partial charge in [-0.3, -0.25) is 9.78 Å². The Morgan fingerprint density at radius 3 is 2.62 bits per heavy atom. The quantitative estimate of drug-likeness (QED) is 0.798. The zero-order chi connectivity index (χ0) is 12.1. The first-order valence-corrected chi connectivity index (χ1v) is 5.41. The molecule has 1 aromatic heterocycles. The molecule has 0 radical (unpaired) electrons. The van der Waals surface area contributed by atoms with Crippen molar-refractivity contribution in [2.45, 2.75) is 32.9 Å². The minimum Gasteiger partial charge on any atom is -0.481 e. The first-order chi connectivity index (χ1) is 7.52. The van der Waals surface area contributed by atoms with Gasteiger partial charge in [0.25, 0.3) is 0 Å². The third-order valence-corrected chi connectivity index (χ3v) is 2.84. The lowest BCUT2D eigenvalue weighted by Gasteiger charge is -2.22. The van der Waals surface area contributed by atoms with E-state index in [0.717, 1.165) is 5.56 Å². The van der Waals surface area contributed by atoms with E-state index >= 15 is 0 Å². The van der Waals surface area contributed by atoms with Crippen LogP contribution in [0.1, 0.15) is 32.4 Å². The molecule has 88 valence electrons. The van der Waals surface area contributed by atoms with E-state index in [1.807, 2.05) is 26.0 Å². The van der Waals surface area contributed by atoms with E-state index in [2.05, 4.69) is 10.3 Å². The molecule has 0 aromatic carbocycles. The zero-order valence-corrected chi connectivity index (χ0v) is 9.84. The maximum Gasteiger partial charge on any atom is 0.307 e. The lowest BCUT2D eigenvalue weighted by Crippen LogP contribution is -2.37. The van der Waals surface area contributed by atoms with Crippen LogP contribution in [0.25, 0.3) is 0 Å². The minimum atomic E-state index is -0.779. The topological polar surface area (TPSA) is 62.2 Å². The number of hydrogen-bond donors (Lipinski definition) is 2. The van der Waals surface area contributed by atoms with E-state index in [4.69, 9.17) is 5.11 Å². The predicted octanol–water partition coefficient (Wildman–Crippen LogP) is 1.84. The number of nitrogens with zero attached hydrogens (tertiary/aromatic N) is 1. The fraction of sp³-hybridized carbons (Fsp3) is 0.500. The molecule has 1 rings (SSSR count). The van der Waals surface area contributed by atoms with Gasteiger partial charge in [-0.1, -0.05) is 13.0 Å². The van der Waals surface area contributed by atoms with E-state index in [-0.39, 0.29) is 12.1 Å². The normalized spacial score (nSPS) is 16.4. The van der Waals surface area contributed by atoms with Crippen molar-refractivity contribution in [2.75, 3.05) is 0 Å².